The first-order valence-corrected chi connectivity index (χ1v) is 9.09. The van der Waals surface area contributed by atoms with Crippen LogP contribution in [-0.4, -0.2) is 53.1 Å². The number of carbonyl (C=O) groups is 2. The van der Waals surface area contributed by atoms with Crippen LogP contribution in [0.25, 0.3) is 0 Å². The van der Waals surface area contributed by atoms with Gasteiger partial charge in [0, 0.05) is 37.5 Å². The number of hydrogen-bond acceptors (Lipinski definition) is 3. The minimum atomic E-state index is -1.03. The minimum Gasteiger partial charge on any atom is -0.441 e. The molecular weight excluding hydrogens is 342 g/mol. The SMILES string of the molecule is CCC[C@H](C)N1CC2(CCN(C(=O)c3ccc(F)c(F)c3)CC2)OC1=O. The minimum absolute atomic E-state index is 0.126. The maximum absolute atomic E-state index is 13.4. The van der Waals surface area contributed by atoms with E-state index in [1.165, 1.54) is 6.07 Å². The summed E-state index contributed by atoms with van der Waals surface area (Å²) in [7, 11) is 0. The summed E-state index contributed by atoms with van der Waals surface area (Å²) in [6, 6.07) is 3.30. The molecule has 0 saturated carbocycles. The number of likely N-dealkylation sites (tertiary alicyclic amines) is 1. The fourth-order valence-electron chi connectivity index (χ4n) is 3.75. The molecule has 2 aliphatic rings. The van der Waals surface area contributed by atoms with Gasteiger partial charge in [-0.2, -0.15) is 0 Å². The van der Waals surface area contributed by atoms with Gasteiger partial charge in [0.05, 0.1) is 6.54 Å². The quantitative estimate of drug-likeness (QED) is 0.818. The second-order valence-electron chi connectivity index (χ2n) is 7.24. The van der Waals surface area contributed by atoms with Crippen molar-refractivity contribution in [2.75, 3.05) is 19.6 Å². The van der Waals surface area contributed by atoms with Crippen LogP contribution in [0.2, 0.25) is 0 Å². The lowest BCUT2D eigenvalue weighted by molar-refractivity contribution is 0.00305. The Hall–Kier alpha value is -2.18. The zero-order chi connectivity index (χ0) is 18.9. The third-order valence-corrected chi connectivity index (χ3v) is 5.36. The molecule has 1 spiro atoms. The molecule has 0 radical (unpaired) electrons. The molecule has 0 aliphatic carbocycles. The van der Waals surface area contributed by atoms with Gasteiger partial charge in [0.25, 0.3) is 5.91 Å². The molecule has 2 heterocycles. The van der Waals surface area contributed by atoms with E-state index in [9.17, 15) is 18.4 Å². The van der Waals surface area contributed by atoms with Gasteiger partial charge in [0.2, 0.25) is 0 Å². The molecule has 3 rings (SSSR count). The van der Waals surface area contributed by atoms with E-state index in [2.05, 4.69) is 6.92 Å². The molecular formula is C19H24F2N2O3. The highest BCUT2D eigenvalue weighted by Crippen LogP contribution is 2.35. The summed E-state index contributed by atoms with van der Waals surface area (Å²) in [6.45, 7) is 5.48. The van der Waals surface area contributed by atoms with Crippen molar-refractivity contribution < 1.29 is 23.1 Å². The number of carbonyl (C=O) groups excluding carboxylic acids is 2. The lowest BCUT2D eigenvalue weighted by Gasteiger charge is -2.37. The Morgan fingerprint density at radius 1 is 1.27 bits per heavy atom. The van der Waals surface area contributed by atoms with Crippen molar-refractivity contribution in [2.24, 2.45) is 0 Å². The number of rotatable bonds is 4. The average molecular weight is 366 g/mol. The maximum Gasteiger partial charge on any atom is 0.410 e. The van der Waals surface area contributed by atoms with Gasteiger partial charge in [-0.1, -0.05) is 13.3 Å². The Morgan fingerprint density at radius 2 is 1.96 bits per heavy atom. The van der Waals surface area contributed by atoms with Crippen LogP contribution < -0.4 is 0 Å². The molecule has 2 amide bonds. The number of hydrogen-bond donors (Lipinski definition) is 0. The summed E-state index contributed by atoms with van der Waals surface area (Å²) in [4.78, 5) is 28.1. The van der Waals surface area contributed by atoms with Crippen LogP contribution in [0.1, 0.15) is 49.9 Å². The zero-order valence-electron chi connectivity index (χ0n) is 15.1. The fraction of sp³-hybridized carbons (Fsp3) is 0.579. The second-order valence-corrected chi connectivity index (χ2v) is 7.24. The van der Waals surface area contributed by atoms with Crippen molar-refractivity contribution >= 4 is 12.0 Å². The Morgan fingerprint density at radius 3 is 2.58 bits per heavy atom. The Bertz CT molecular complexity index is 702. The number of halogens is 2. The number of benzene rings is 1. The predicted octanol–water partition coefficient (Wildman–Crippen LogP) is 3.58. The first-order chi connectivity index (χ1) is 12.3. The molecule has 2 aliphatic heterocycles. The molecule has 7 heteroatoms. The van der Waals surface area contributed by atoms with E-state index in [4.69, 9.17) is 4.74 Å². The summed E-state index contributed by atoms with van der Waals surface area (Å²) in [5.41, 5.74) is -0.425. The van der Waals surface area contributed by atoms with Crippen molar-refractivity contribution in [1.29, 1.82) is 0 Å². The maximum atomic E-state index is 13.4. The summed E-state index contributed by atoms with van der Waals surface area (Å²) in [5, 5.41) is 0. The van der Waals surface area contributed by atoms with Crippen LogP contribution in [0, 0.1) is 11.6 Å². The van der Waals surface area contributed by atoms with Gasteiger partial charge in [0.1, 0.15) is 5.60 Å². The number of amides is 2. The molecule has 142 valence electrons. The first kappa shape index (κ1) is 18.6. The average Bonchev–Trinajstić information content (AvgIpc) is 2.94. The summed E-state index contributed by atoms with van der Waals surface area (Å²) in [5.74, 6) is -2.34. The Balaban J connectivity index is 1.63. The highest BCUT2D eigenvalue weighted by atomic mass is 19.2. The third kappa shape index (κ3) is 3.52. The molecule has 5 nitrogen and oxygen atoms in total. The van der Waals surface area contributed by atoms with E-state index in [0.717, 1.165) is 25.0 Å². The van der Waals surface area contributed by atoms with E-state index < -0.39 is 17.2 Å². The van der Waals surface area contributed by atoms with E-state index in [-0.39, 0.29) is 23.6 Å². The number of piperidine rings is 1. The largest absolute Gasteiger partial charge is 0.441 e. The smallest absolute Gasteiger partial charge is 0.410 e. The van der Waals surface area contributed by atoms with Crippen LogP contribution in [0.3, 0.4) is 0 Å². The summed E-state index contributed by atoms with van der Waals surface area (Å²) >= 11 is 0. The standard InChI is InChI=1S/C19H24F2N2O3/c1-3-4-13(2)23-12-19(26-18(23)25)7-9-22(10-8-19)17(24)14-5-6-15(20)16(21)11-14/h5-6,11,13H,3-4,7-10,12H2,1-2H3/t13-/m0/s1. The van der Waals surface area contributed by atoms with Gasteiger partial charge >= 0.3 is 6.09 Å². The molecule has 1 atom stereocenters. The molecule has 0 aromatic heterocycles. The van der Waals surface area contributed by atoms with Gasteiger partial charge in [-0.15, -0.1) is 0 Å². The fourth-order valence-corrected chi connectivity index (χ4v) is 3.75. The molecule has 2 saturated heterocycles. The first-order valence-electron chi connectivity index (χ1n) is 9.09. The van der Waals surface area contributed by atoms with E-state index in [1.54, 1.807) is 9.80 Å². The van der Waals surface area contributed by atoms with Crippen molar-refractivity contribution in [2.45, 2.75) is 51.2 Å². The highest BCUT2D eigenvalue weighted by Gasteiger charge is 2.48. The zero-order valence-corrected chi connectivity index (χ0v) is 15.1. The summed E-state index contributed by atoms with van der Waals surface area (Å²) in [6.07, 6.45) is 2.72. The van der Waals surface area contributed by atoms with Crippen LogP contribution in [0.15, 0.2) is 18.2 Å². The lowest BCUT2D eigenvalue weighted by atomic mass is 9.90. The van der Waals surface area contributed by atoms with Crippen LogP contribution in [0.4, 0.5) is 13.6 Å². The van der Waals surface area contributed by atoms with Gasteiger partial charge in [-0.3, -0.25) is 4.79 Å². The number of nitrogens with zero attached hydrogens (tertiary/aromatic N) is 2. The summed E-state index contributed by atoms with van der Waals surface area (Å²) < 4.78 is 32.1. The van der Waals surface area contributed by atoms with Crippen LogP contribution in [-0.2, 0) is 4.74 Å². The van der Waals surface area contributed by atoms with Crippen molar-refractivity contribution in [3.05, 3.63) is 35.4 Å². The Labute approximate surface area is 151 Å². The van der Waals surface area contributed by atoms with E-state index in [0.29, 0.717) is 32.5 Å². The van der Waals surface area contributed by atoms with Gasteiger partial charge in [-0.05, 0) is 31.5 Å². The highest BCUT2D eigenvalue weighted by molar-refractivity contribution is 5.94. The van der Waals surface area contributed by atoms with E-state index in [1.807, 2.05) is 6.92 Å². The van der Waals surface area contributed by atoms with Gasteiger partial charge in [-0.25, -0.2) is 13.6 Å². The predicted molar refractivity (Wildman–Crippen MR) is 91.8 cm³/mol. The van der Waals surface area contributed by atoms with Crippen LogP contribution in [0.5, 0.6) is 0 Å². The van der Waals surface area contributed by atoms with Gasteiger partial charge < -0.3 is 14.5 Å². The van der Waals surface area contributed by atoms with Crippen LogP contribution >= 0.6 is 0 Å². The molecule has 26 heavy (non-hydrogen) atoms. The molecule has 0 unspecified atom stereocenters. The molecule has 0 bridgehead atoms. The second kappa shape index (κ2) is 7.21. The molecule has 1 aromatic rings. The van der Waals surface area contributed by atoms with Crippen molar-refractivity contribution in [1.82, 2.24) is 9.80 Å². The third-order valence-electron chi connectivity index (χ3n) is 5.36. The molecule has 1 aromatic carbocycles. The Kier molecular flexibility index (Phi) is 5.16. The monoisotopic (exact) mass is 366 g/mol. The topological polar surface area (TPSA) is 49.9 Å². The van der Waals surface area contributed by atoms with Gasteiger partial charge in [0.15, 0.2) is 11.6 Å². The van der Waals surface area contributed by atoms with E-state index >= 15 is 0 Å². The number of ether oxygens (including phenoxy) is 1. The van der Waals surface area contributed by atoms with Crippen molar-refractivity contribution in [3.63, 3.8) is 0 Å². The van der Waals surface area contributed by atoms with Crippen molar-refractivity contribution in [3.8, 4) is 0 Å². The normalized spacial score (nSPS) is 20.4. The lowest BCUT2D eigenvalue weighted by Crippen LogP contribution is -2.49. The molecule has 0 N–H and O–H groups in total. The molecule has 2 fully saturated rings.